The summed E-state index contributed by atoms with van der Waals surface area (Å²) in [6.07, 6.45) is 5.06. The number of carbonyl (C=O) groups is 3. The van der Waals surface area contributed by atoms with Crippen molar-refractivity contribution < 1.29 is 23.9 Å². The van der Waals surface area contributed by atoms with Gasteiger partial charge in [0.05, 0.1) is 7.11 Å². The lowest BCUT2D eigenvalue weighted by Crippen LogP contribution is -2.53. The van der Waals surface area contributed by atoms with Gasteiger partial charge in [-0.25, -0.2) is 4.79 Å². The average Bonchev–Trinajstić information content (AvgIpc) is 2.79. The second-order valence-corrected chi connectivity index (χ2v) is 9.74. The first-order chi connectivity index (χ1) is 16.9. The fourth-order valence-corrected chi connectivity index (χ4v) is 3.51. The minimum absolute atomic E-state index is 0.330. The van der Waals surface area contributed by atoms with Crippen LogP contribution in [0.1, 0.15) is 51.8 Å². The number of anilines is 1. The van der Waals surface area contributed by atoms with Gasteiger partial charge in [0, 0.05) is 11.7 Å². The third-order valence-corrected chi connectivity index (χ3v) is 5.20. The summed E-state index contributed by atoms with van der Waals surface area (Å²) in [6, 6.07) is 14.2. The van der Waals surface area contributed by atoms with Crippen LogP contribution in [0.3, 0.4) is 0 Å². The van der Waals surface area contributed by atoms with Gasteiger partial charge in [-0.2, -0.15) is 0 Å². The van der Waals surface area contributed by atoms with Gasteiger partial charge in [0.25, 0.3) is 11.8 Å². The van der Waals surface area contributed by atoms with Gasteiger partial charge in [0.2, 0.25) is 0 Å². The van der Waals surface area contributed by atoms with E-state index in [2.05, 4.69) is 16.7 Å². The number of amides is 3. The minimum Gasteiger partial charge on any atom is -0.497 e. The number of carbonyl (C=O) groups excluding carboxylic acids is 3. The number of hydrogen-bond donors (Lipinski definition) is 2. The van der Waals surface area contributed by atoms with E-state index in [0.717, 1.165) is 10.5 Å². The highest BCUT2D eigenvalue weighted by atomic mass is 16.6. The van der Waals surface area contributed by atoms with E-state index in [0.29, 0.717) is 17.0 Å². The number of benzene rings is 2. The number of aryl methyl sites for hydroxylation is 1. The zero-order chi connectivity index (χ0) is 27.0. The van der Waals surface area contributed by atoms with Crippen LogP contribution in [0.5, 0.6) is 5.75 Å². The van der Waals surface area contributed by atoms with Crippen molar-refractivity contribution in [2.75, 3.05) is 12.4 Å². The summed E-state index contributed by atoms with van der Waals surface area (Å²) >= 11 is 0. The Labute approximate surface area is 213 Å². The van der Waals surface area contributed by atoms with E-state index in [4.69, 9.17) is 15.9 Å². The van der Waals surface area contributed by atoms with Crippen molar-refractivity contribution in [1.29, 1.82) is 0 Å². The summed E-state index contributed by atoms with van der Waals surface area (Å²) < 4.78 is 10.5. The van der Waals surface area contributed by atoms with Crippen LogP contribution in [-0.4, -0.2) is 41.6 Å². The fraction of sp³-hybridized carbons (Fsp3) is 0.393. The number of methoxy groups -OCH3 is 1. The van der Waals surface area contributed by atoms with Crippen molar-refractivity contribution >= 4 is 23.6 Å². The molecule has 2 aromatic rings. The zero-order valence-corrected chi connectivity index (χ0v) is 21.9. The molecular formula is C28H35N3O5. The molecule has 0 saturated heterocycles. The Hall–Kier alpha value is -3.99. The highest BCUT2D eigenvalue weighted by Crippen LogP contribution is 2.26. The maximum atomic E-state index is 13.7. The quantitative estimate of drug-likeness (QED) is 0.412. The Bertz CT molecular complexity index is 1110. The number of ether oxygens (including phenoxy) is 2. The molecule has 0 radical (unpaired) electrons. The van der Waals surface area contributed by atoms with Crippen LogP contribution in [0.2, 0.25) is 0 Å². The van der Waals surface area contributed by atoms with Crippen LogP contribution in [-0.2, 0) is 14.3 Å². The monoisotopic (exact) mass is 493 g/mol. The summed E-state index contributed by atoms with van der Waals surface area (Å²) in [4.78, 5) is 40.7. The van der Waals surface area contributed by atoms with Crippen LogP contribution in [0.4, 0.5) is 10.5 Å². The second-order valence-electron chi connectivity index (χ2n) is 9.74. The lowest BCUT2D eigenvalue weighted by molar-refractivity contribution is -0.137. The number of terminal acetylenes is 1. The van der Waals surface area contributed by atoms with Gasteiger partial charge in [-0.05, 0) is 63.4 Å². The molecule has 8 heteroatoms. The molecule has 8 nitrogen and oxygen atoms in total. The van der Waals surface area contributed by atoms with Crippen LogP contribution >= 0.6 is 0 Å². The van der Waals surface area contributed by atoms with Crippen molar-refractivity contribution in [2.24, 2.45) is 5.92 Å². The van der Waals surface area contributed by atoms with Crippen molar-refractivity contribution in [3.8, 4) is 18.2 Å². The van der Waals surface area contributed by atoms with E-state index in [1.165, 1.54) is 0 Å². The Kier molecular flexibility index (Phi) is 9.51. The highest BCUT2D eigenvalue weighted by Gasteiger charge is 2.37. The van der Waals surface area contributed by atoms with Gasteiger partial charge >= 0.3 is 6.09 Å². The van der Waals surface area contributed by atoms with Gasteiger partial charge in [-0.15, -0.1) is 0 Å². The molecule has 0 aliphatic rings. The lowest BCUT2D eigenvalue weighted by atomic mass is 9.98. The van der Waals surface area contributed by atoms with Crippen molar-refractivity contribution in [2.45, 2.75) is 59.2 Å². The molecular weight excluding hydrogens is 458 g/mol. The molecule has 0 aromatic heterocycles. The first kappa shape index (κ1) is 28.2. The molecule has 192 valence electrons. The third-order valence-electron chi connectivity index (χ3n) is 5.20. The van der Waals surface area contributed by atoms with E-state index in [1.54, 1.807) is 84.2 Å². The molecule has 2 rings (SSSR count). The van der Waals surface area contributed by atoms with E-state index in [-0.39, 0.29) is 5.92 Å². The number of nitrogens with one attached hydrogen (secondary N) is 2. The first-order valence-electron chi connectivity index (χ1n) is 11.7. The Morgan fingerprint density at radius 3 is 2.19 bits per heavy atom. The molecule has 0 spiro atoms. The van der Waals surface area contributed by atoms with E-state index in [9.17, 15) is 14.4 Å². The Balaban J connectivity index is 2.43. The summed E-state index contributed by atoms with van der Waals surface area (Å²) in [5.41, 5.74) is 1.19. The smallest absolute Gasteiger partial charge is 0.408 e. The summed E-state index contributed by atoms with van der Waals surface area (Å²) in [5, 5.41) is 5.44. The minimum atomic E-state index is -1.15. The first-order valence-corrected chi connectivity index (χ1v) is 11.7. The lowest BCUT2D eigenvalue weighted by Gasteiger charge is -2.32. The molecule has 2 atom stereocenters. The van der Waals surface area contributed by atoms with Gasteiger partial charge in [0.1, 0.15) is 23.4 Å². The topological polar surface area (TPSA) is 97.0 Å². The summed E-state index contributed by atoms with van der Waals surface area (Å²) in [7, 11) is 1.55. The van der Waals surface area contributed by atoms with E-state index >= 15 is 0 Å². The van der Waals surface area contributed by atoms with Crippen LogP contribution in [0.25, 0.3) is 0 Å². The van der Waals surface area contributed by atoms with E-state index in [1.807, 2.05) is 13.0 Å². The predicted octanol–water partition coefficient (Wildman–Crippen LogP) is 4.65. The average molecular weight is 494 g/mol. The van der Waals surface area contributed by atoms with Crippen LogP contribution in [0, 0.1) is 25.3 Å². The van der Waals surface area contributed by atoms with Crippen molar-refractivity contribution in [1.82, 2.24) is 10.2 Å². The third kappa shape index (κ3) is 7.77. The molecule has 3 amide bonds. The second kappa shape index (κ2) is 12.1. The van der Waals surface area contributed by atoms with E-state index < -0.39 is 35.6 Å². The molecule has 0 aliphatic carbocycles. The van der Waals surface area contributed by atoms with Crippen molar-refractivity contribution in [3.05, 3.63) is 59.7 Å². The molecule has 2 N–H and O–H groups in total. The number of rotatable bonds is 8. The number of alkyl carbamates (subject to hydrolysis) is 1. The van der Waals surface area contributed by atoms with Gasteiger partial charge < -0.3 is 20.1 Å². The molecule has 0 fully saturated rings. The summed E-state index contributed by atoms with van der Waals surface area (Å²) in [5.74, 6) is -0.799. The standard InChI is InChI=1S/C28H35N3O5/c1-9-31(26(33)23(18(2)3)30-27(34)36-28(5,6)7)24(20-12-10-11-19(4)17-20)25(32)29-21-13-15-22(35-8)16-14-21/h1,10-18,23-24H,2-8H3,(H,29,32)(H,30,34). The molecule has 0 heterocycles. The molecule has 0 bridgehead atoms. The number of hydrogen-bond acceptors (Lipinski definition) is 5. The molecule has 2 aromatic carbocycles. The SMILES string of the molecule is C#CN(C(=O)C(NC(=O)OC(C)(C)C)C(C)C)C(C(=O)Nc1ccc(OC)cc1)c1cccc(C)c1. The van der Waals surface area contributed by atoms with Gasteiger partial charge in [-0.1, -0.05) is 50.1 Å². The molecule has 2 unspecified atom stereocenters. The Morgan fingerprint density at radius 2 is 1.69 bits per heavy atom. The highest BCUT2D eigenvalue weighted by molar-refractivity contribution is 5.99. The van der Waals surface area contributed by atoms with Crippen LogP contribution in [0.15, 0.2) is 48.5 Å². The maximum Gasteiger partial charge on any atom is 0.408 e. The maximum absolute atomic E-state index is 13.7. The molecule has 0 aliphatic heterocycles. The van der Waals surface area contributed by atoms with Crippen molar-refractivity contribution in [3.63, 3.8) is 0 Å². The van der Waals surface area contributed by atoms with Gasteiger partial charge in [0.15, 0.2) is 0 Å². The predicted molar refractivity (Wildman–Crippen MR) is 139 cm³/mol. The normalized spacial score (nSPS) is 12.6. The zero-order valence-electron chi connectivity index (χ0n) is 21.9. The molecule has 36 heavy (non-hydrogen) atoms. The largest absolute Gasteiger partial charge is 0.497 e. The Morgan fingerprint density at radius 1 is 1.06 bits per heavy atom. The molecule has 0 saturated carbocycles. The summed E-state index contributed by atoms with van der Waals surface area (Å²) in [6.45, 7) is 10.6. The van der Waals surface area contributed by atoms with Crippen LogP contribution < -0.4 is 15.4 Å². The number of nitrogens with zero attached hydrogens (tertiary/aromatic N) is 1. The van der Waals surface area contributed by atoms with Gasteiger partial charge in [-0.3, -0.25) is 14.5 Å². The fourth-order valence-electron chi connectivity index (χ4n) is 3.51.